The van der Waals surface area contributed by atoms with E-state index in [1.165, 1.54) is 23.1 Å². The average Bonchev–Trinajstić information content (AvgIpc) is 2.40. The summed E-state index contributed by atoms with van der Waals surface area (Å²) >= 11 is 5.81. The van der Waals surface area contributed by atoms with Crippen molar-refractivity contribution >= 4 is 23.2 Å². The molecular weight excluding hydrogens is 265 g/mol. The van der Waals surface area contributed by atoms with Crippen LogP contribution in [0.25, 0.3) is 0 Å². The Kier molecular flexibility index (Phi) is 3.86. The number of anilines is 1. The molecule has 2 nitrogen and oxygen atoms in total. The lowest BCUT2D eigenvalue weighted by atomic mass is 10.1. The molecule has 2 aromatic rings. The predicted molar refractivity (Wildman–Crippen MR) is 75.3 cm³/mol. The zero-order valence-electron chi connectivity index (χ0n) is 10.7. The van der Waals surface area contributed by atoms with Crippen LogP contribution in [0.15, 0.2) is 42.5 Å². The molecule has 2 rings (SSSR count). The molecule has 1 amide bonds. The maximum atomic E-state index is 13.7. The van der Waals surface area contributed by atoms with Gasteiger partial charge in [-0.3, -0.25) is 4.79 Å². The molecule has 0 heterocycles. The number of carbonyl (C=O) groups excluding carboxylic acids is 1. The Morgan fingerprint density at radius 2 is 1.89 bits per heavy atom. The number of amides is 1. The minimum atomic E-state index is -0.574. The molecule has 0 atom stereocenters. The molecule has 0 unspecified atom stereocenters. The number of para-hydroxylation sites is 1. The molecule has 2 aromatic carbocycles. The molecule has 0 aliphatic heterocycles. The Morgan fingerprint density at radius 1 is 1.21 bits per heavy atom. The van der Waals surface area contributed by atoms with E-state index in [1.54, 1.807) is 7.05 Å². The number of rotatable bonds is 2. The molecule has 4 heteroatoms. The van der Waals surface area contributed by atoms with Crippen molar-refractivity contribution in [2.45, 2.75) is 6.92 Å². The normalized spacial score (nSPS) is 10.3. The molecular formula is C15H13ClFNO. The molecule has 0 aromatic heterocycles. The summed E-state index contributed by atoms with van der Waals surface area (Å²) in [6.07, 6.45) is 0. The van der Waals surface area contributed by atoms with Gasteiger partial charge in [0, 0.05) is 17.8 Å². The van der Waals surface area contributed by atoms with Gasteiger partial charge in [0.15, 0.2) is 0 Å². The van der Waals surface area contributed by atoms with Gasteiger partial charge in [0.25, 0.3) is 5.91 Å². The number of halogens is 2. The van der Waals surface area contributed by atoms with E-state index >= 15 is 0 Å². The Bertz CT molecular complexity index is 627. The van der Waals surface area contributed by atoms with Crippen molar-refractivity contribution in [3.63, 3.8) is 0 Å². The highest BCUT2D eigenvalue weighted by molar-refractivity contribution is 6.31. The lowest BCUT2D eigenvalue weighted by Gasteiger charge is -2.19. The lowest BCUT2D eigenvalue weighted by molar-refractivity contribution is 0.0989. The summed E-state index contributed by atoms with van der Waals surface area (Å²) < 4.78 is 13.7. The summed E-state index contributed by atoms with van der Waals surface area (Å²) in [7, 11) is 1.62. The summed E-state index contributed by atoms with van der Waals surface area (Å²) in [6.45, 7) is 1.90. The van der Waals surface area contributed by atoms with E-state index in [1.807, 2.05) is 31.2 Å². The van der Waals surface area contributed by atoms with Crippen LogP contribution in [0, 0.1) is 12.7 Å². The summed E-state index contributed by atoms with van der Waals surface area (Å²) in [6, 6.07) is 11.4. The van der Waals surface area contributed by atoms with Crippen LogP contribution < -0.4 is 4.90 Å². The first-order valence-corrected chi connectivity index (χ1v) is 6.17. The van der Waals surface area contributed by atoms with Gasteiger partial charge in [0.2, 0.25) is 0 Å². The van der Waals surface area contributed by atoms with Crippen LogP contribution in [0.3, 0.4) is 0 Å². The first kappa shape index (κ1) is 13.6. The second-order valence-corrected chi connectivity index (χ2v) is 4.71. The van der Waals surface area contributed by atoms with E-state index < -0.39 is 11.7 Å². The zero-order chi connectivity index (χ0) is 14.0. The molecule has 0 aliphatic carbocycles. The monoisotopic (exact) mass is 277 g/mol. The van der Waals surface area contributed by atoms with Gasteiger partial charge < -0.3 is 4.90 Å². The molecule has 0 saturated heterocycles. The number of hydrogen-bond donors (Lipinski definition) is 0. The highest BCUT2D eigenvalue weighted by Gasteiger charge is 2.18. The van der Waals surface area contributed by atoms with Crippen molar-refractivity contribution in [1.29, 1.82) is 0 Å². The maximum Gasteiger partial charge on any atom is 0.261 e. The van der Waals surface area contributed by atoms with Gasteiger partial charge in [-0.25, -0.2) is 4.39 Å². The minimum absolute atomic E-state index is 0.0294. The van der Waals surface area contributed by atoms with Crippen LogP contribution in [0.1, 0.15) is 15.9 Å². The van der Waals surface area contributed by atoms with E-state index in [0.29, 0.717) is 5.02 Å². The van der Waals surface area contributed by atoms with E-state index in [9.17, 15) is 9.18 Å². The number of benzene rings is 2. The van der Waals surface area contributed by atoms with Crippen LogP contribution >= 0.6 is 11.6 Å². The van der Waals surface area contributed by atoms with E-state index in [2.05, 4.69) is 0 Å². The van der Waals surface area contributed by atoms with Crippen molar-refractivity contribution < 1.29 is 9.18 Å². The maximum absolute atomic E-state index is 13.7. The minimum Gasteiger partial charge on any atom is -0.311 e. The summed E-state index contributed by atoms with van der Waals surface area (Å²) in [5, 5.41) is 0.336. The SMILES string of the molecule is Cc1ccccc1N(C)C(=O)c1cc(Cl)ccc1F. The zero-order valence-corrected chi connectivity index (χ0v) is 11.4. The summed E-state index contributed by atoms with van der Waals surface area (Å²) in [4.78, 5) is 13.7. The Morgan fingerprint density at radius 3 is 2.58 bits per heavy atom. The third-order valence-electron chi connectivity index (χ3n) is 2.94. The number of carbonyl (C=O) groups is 1. The van der Waals surface area contributed by atoms with Crippen LogP contribution in [0.2, 0.25) is 5.02 Å². The molecule has 0 spiro atoms. The van der Waals surface area contributed by atoms with E-state index in [4.69, 9.17) is 11.6 Å². The fourth-order valence-corrected chi connectivity index (χ4v) is 2.06. The molecule has 0 saturated carbocycles. The van der Waals surface area contributed by atoms with Gasteiger partial charge in [-0.05, 0) is 36.8 Å². The largest absolute Gasteiger partial charge is 0.311 e. The number of hydrogen-bond acceptors (Lipinski definition) is 1. The predicted octanol–water partition coefficient (Wildman–Crippen LogP) is 4.06. The Balaban J connectivity index is 2.39. The molecule has 19 heavy (non-hydrogen) atoms. The third-order valence-corrected chi connectivity index (χ3v) is 3.18. The molecule has 0 fully saturated rings. The molecule has 0 N–H and O–H groups in total. The Hall–Kier alpha value is -1.87. The van der Waals surface area contributed by atoms with E-state index in [-0.39, 0.29) is 5.56 Å². The fraction of sp³-hybridized carbons (Fsp3) is 0.133. The second kappa shape index (κ2) is 5.41. The third kappa shape index (κ3) is 2.76. The van der Waals surface area contributed by atoms with Crippen LogP contribution in [0.5, 0.6) is 0 Å². The van der Waals surface area contributed by atoms with Gasteiger partial charge in [-0.2, -0.15) is 0 Å². The van der Waals surface area contributed by atoms with Crippen LogP contribution in [-0.2, 0) is 0 Å². The van der Waals surface area contributed by atoms with E-state index in [0.717, 1.165) is 11.3 Å². The number of nitrogens with zero attached hydrogens (tertiary/aromatic N) is 1. The van der Waals surface area contributed by atoms with Gasteiger partial charge in [0.1, 0.15) is 5.82 Å². The average molecular weight is 278 g/mol. The highest BCUT2D eigenvalue weighted by atomic mass is 35.5. The molecule has 0 radical (unpaired) electrons. The molecule has 98 valence electrons. The molecule has 0 aliphatic rings. The smallest absolute Gasteiger partial charge is 0.261 e. The van der Waals surface area contributed by atoms with Crippen molar-refractivity contribution in [1.82, 2.24) is 0 Å². The quantitative estimate of drug-likeness (QED) is 0.810. The topological polar surface area (TPSA) is 20.3 Å². The molecule has 0 bridgehead atoms. The first-order chi connectivity index (χ1) is 9.00. The standard InChI is InChI=1S/C15H13ClFNO/c1-10-5-3-4-6-14(10)18(2)15(19)12-9-11(16)7-8-13(12)17/h3-9H,1-2H3. The van der Waals surface area contributed by atoms with Crippen molar-refractivity contribution in [2.75, 3.05) is 11.9 Å². The lowest BCUT2D eigenvalue weighted by Crippen LogP contribution is -2.27. The summed E-state index contributed by atoms with van der Waals surface area (Å²) in [5.74, 6) is -0.996. The van der Waals surface area contributed by atoms with Crippen LogP contribution in [0.4, 0.5) is 10.1 Å². The van der Waals surface area contributed by atoms with Gasteiger partial charge in [0.05, 0.1) is 5.56 Å². The second-order valence-electron chi connectivity index (χ2n) is 4.27. The first-order valence-electron chi connectivity index (χ1n) is 5.79. The number of aryl methyl sites for hydroxylation is 1. The van der Waals surface area contributed by atoms with Gasteiger partial charge in [-0.1, -0.05) is 29.8 Å². The van der Waals surface area contributed by atoms with Gasteiger partial charge in [-0.15, -0.1) is 0 Å². The Labute approximate surface area is 116 Å². The van der Waals surface area contributed by atoms with Crippen molar-refractivity contribution in [3.05, 3.63) is 64.4 Å². The highest BCUT2D eigenvalue weighted by Crippen LogP contribution is 2.22. The van der Waals surface area contributed by atoms with Crippen molar-refractivity contribution in [3.8, 4) is 0 Å². The van der Waals surface area contributed by atoms with Crippen LogP contribution in [-0.4, -0.2) is 13.0 Å². The van der Waals surface area contributed by atoms with Crippen molar-refractivity contribution in [2.24, 2.45) is 0 Å². The fourth-order valence-electron chi connectivity index (χ4n) is 1.89. The summed E-state index contributed by atoms with van der Waals surface area (Å²) in [5.41, 5.74) is 1.66. The van der Waals surface area contributed by atoms with Gasteiger partial charge >= 0.3 is 0 Å².